The normalized spacial score (nSPS) is 17.4. The van der Waals surface area contributed by atoms with Gasteiger partial charge in [0.1, 0.15) is 12.4 Å². The molecule has 132 valence electrons. The number of aromatic amines is 1. The lowest BCUT2D eigenvalue weighted by Gasteiger charge is -2.29. The van der Waals surface area contributed by atoms with E-state index in [0.717, 1.165) is 12.8 Å². The lowest BCUT2D eigenvalue weighted by atomic mass is 10.1. The first kappa shape index (κ1) is 17.2. The highest BCUT2D eigenvalue weighted by atomic mass is 16.5. The van der Waals surface area contributed by atoms with Crippen molar-refractivity contribution in [3.8, 4) is 5.75 Å². The van der Waals surface area contributed by atoms with Gasteiger partial charge in [-0.1, -0.05) is 12.1 Å². The average molecular weight is 343 g/mol. The Kier molecular flexibility index (Phi) is 5.14. The molecule has 0 unspecified atom stereocenters. The maximum Gasteiger partial charge on any atom is 0.274 e. The number of Topliss-reactive ketones (excluding diaryl/α,β-unsaturated/α-hetero) is 1. The van der Waals surface area contributed by atoms with Crippen LogP contribution < -0.4 is 4.74 Å². The third-order valence-electron chi connectivity index (χ3n) is 4.17. The van der Waals surface area contributed by atoms with Crippen molar-refractivity contribution < 1.29 is 19.4 Å². The molecule has 1 aromatic carbocycles. The Morgan fingerprint density at radius 2 is 2.24 bits per heavy atom. The van der Waals surface area contributed by atoms with Gasteiger partial charge in [-0.2, -0.15) is 5.10 Å². The third kappa shape index (κ3) is 4.24. The molecule has 0 saturated carbocycles. The van der Waals surface area contributed by atoms with Crippen LogP contribution in [0, 0.1) is 0 Å². The molecule has 25 heavy (non-hydrogen) atoms. The predicted molar refractivity (Wildman–Crippen MR) is 90.5 cm³/mol. The number of aliphatic hydroxyl groups is 1. The monoisotopic (exact) mass is 343 g/mol. The number of likely N-dealkylation sites (tertiary alicyclic amines) is 1. The van der Waals surface area contributed by atoms with Gasteiger partial charge in [0.2, 0.25) is 0 Å². The SMILES string of the molecule is CC(=O)c1cccc(OCc2cc(C(=O)N3CCC[C@@H](O)C3)n[nH]2)c1. The molecule has 7 heteroatoms. The van der Waals surface area contributed by atoms with E-state index in [4.69, 9.17) is 4.74 Å². The maximum atomic E-state index is 12.4. The number of H-pyrrole nitrogens is 1. The first-order valence-corrected chi connectivity index (χ1v) is 8.28. The van der Waals surface area contributed by atoms with E-state index in [1.807, 2.05) is 0 Å². The molecule has 0 bridgehead atoms. The van der Waals surface area contributed by atoms with Gasteiger partial charge in [0.05, 0.1) is 11.8 Å². The van der Waals surface area contributed by atoms with Crippen molar-refractivity contribution in [2.45, 2.75) is 32.5 Å². The number of hydrogen-bond donors (Lipinski definition) is 2. The Morgan fingerprint density at radius 3 is 3.00 bits per heavy atom. The van der Waals surface area contributed by atoms with Crippen LogP contribution in [0.2, 0.25) is 0 Å². The number of ketones is 1. The number of nitrogens with zero attached hydrogens (tertiary/aromatic N) is 2. The van der Waals surface area contributed by atoms with Crippen molar-refractivity contribution in [1.29, 1.82) is 0 Å². The second-order valence-electron chi connectivity index (χ2n) is 6.20. The highest BCUT2D eigenvalue weighted by Crippen LogP contribution is 2.16. The van der Waals surface area contributed by atoms with Gasteiger partial charge in [-0.25, -0.2) is 0 Å². The molecule has 0 spiro atoms. The summed E-state index contributed by atoms with van der Waals surface area (Å²) in [6, 6.07) is 8.59. The van der Waals surface area contributed by atoms with E-state index in [-0.39, 0.29) is 18.3 Å². The minimum absolute atomic E-state index is 0.0245. The minimum Gasteiger partial charge on any atom is -0.487 e. The van der Waals surface area contributed by atoms with E-state index in [1.165, 1.54) is 6.92 Å². The van der Waals surface area contributed by atoms with Gasteiger partial charge in [0.15, 0.2) is 11.5 Å². The largest absolute Gasteiger partial charge is 0.487 e. The quantitative estimate of drug-likeness (QED) is 0.807. The lowest BCUT2D eigenvalue weighted by Crippen LogP contribution is -2.42. The van der Waals surface area contributed by atoms with E-state index in [1.54, 1.807) is 35.2 Å². The summed E-state index contributed by atoms with van der Waals surface area (Å²) in [4.78, 5) is 25.4. The second kappa shape index (κ2) is 7.48. The number of carbonyl (C=O) groups is 2. The van der Waals surface area contributed by atoms with Gasteiger partial charge >= 0.3 is 0 Å². The number of nitrogens with one attached hydrogen (secondary N) is 1. The molecular weight excluding hydrogens is 322 g/mol. The zero-order valence-corrected chi connectivity index (χ0v) is 14.1. The van der Waals surface area contributed by atoms with Crippen molar-refractivity contribution >= 4 is 11.7 Å². The molecule has 3 rings (SSSR count). The first-order chi connectivity index (χ1) is 12.0. The number of amides is 1. The summed E-state index contributed by atoms with van der Waals surface area (Å²) in [5.74, 6) is 0.359. The Balaban J connectivity index is 1.61. The van der Waals surface area contributed by atoms with Gasteiger partial charge in [0.25, 0.3) is 5.91 Å². The van der Waals surface area contributed by atoms with Crippen LogP contribution in [0.15, 0.2) is 30.3 Å². The van der Waals surface area contributed by atoms with Gasteiger partial charge < -0.3 is 14.7 Å². The molecule has 1 atom stereocenters. The molecule has 1 aliphatic heterocycles. The number of β-amino-alcohol motifs (C(OH)–C–C–N with tert-alkyl or cyclic N) is 1. The van der Waals surface area contributed by atoms with Gasteiger partial charge in [-0.3, -0.25) is 14.7 Å². The highest BCUT2D eigenvalue weighted by Gasteiger charge is 2.24. The fourth-order valence-corrected chi connectivity index (χ4v) is 2.81. The Labute approximate surface area is 145 Å². The number of carbonyl (C=O) groups excluding carboxylic acids is 2. The molecule has 7 nitrogen and oxygen atoms in total. The van der Waals surface area contributed by atoms with Crippen LogP contribution in [0.4, 0.5) is 0 Å². The fraction of sp³-hybridized carbons (Fsp3) is 0.389. The van der Waals surface area contributed by atoms with E-state index >= 15 is 0 Å². The summed E-state index contributed by atoms with van der Waals surface area (Å²) in [6.07, 6.45) is 1.05. The number of rotatable bonds is 5. The van der Waals surface area contributed by atoms with Crippen LogP contribution in [-0.4, -0.2) is 51.1 Å². The number of benzene rings is 1. The van der Waals surface area contributed by atoms with Crippen LogP contribution in [-0.2, 0) is 6.61 Å². The summed E-state index contributed by atoms with van der Waals surface area (Å²) in [6.45, 7) is 2.69. The van der Waals surface area contributed by atoms with Gasteiger partial charge in [0, 0.05) is 18.7 Å². The smallest absolute Gasteiger partial charge is 0.274 e. The van der Waals surface area contributed by atoms with Crippen LogP contribution in [0.5, 0.6) is 5.75 Å². The number of aliphatic hydroxyl groups excluding tert-OH is 1. The van der Waals surface area contributed by atoms with Gasteiger partial charge in [-0.15, -0.1) is 0 Å². The molecule has 0 aliphatic carbocycles. The molecule has 1 amide bonds. The molecule has 1 aromatic heterocycles. The van der Waals surface area contributed by atoms with Crippen molar-refractivity contribution in [2.24, 2.45) is 0 Å². The van der Waals surface area contributed by atoms with Crippen LogP contribution >= 0.6 is 0 Å². The summed E-state index contributed by atoms with van der Waals surface area (Å²) in [5.41, 5.74) is 1.56. The Morgan fingerprint density at radius 1 is 1.40 bits per heavy atom. The number of hydrogen-bond acceptors (Lipinski definition) is 5. The van der Waals surface area contributed by atoms with Crippen molar-refractivity contribution in [3.05, 3.63) is 47.3 Å². The summed E-state index contributed by atoms with van der Waals surface area (Å²) in [5, 5.41) is 16.5. The molecule has 2 N–H and O–H groups in total. The van der Waals surface area contributed by atoms with Crippen LogP contribution in [0.1, 0.15) is 46.3 Å². The van der Waals surface area contributed by atoms with Crippen molar-refractivity contribution in [1.82, 2.24) is 15.1 Å². The molecule has 0 radical (unpaired) electrons. The second-order valence-corrected chi connectivity index (χ2v) is 6.20. The van der Waals surface area contributed by atoms with Crippen molar-refractivity contribution in [2.75, 3.05) is 13.1 Å². The molecule has 1 saturated heterocycles. The maximum absolute atomic E-state index is 12.4. The summed E-state index contributed by atoms with van der Waals surface area (Å²) >= 11 is 0. The molecule has 1 fully saturated rings. The molecule has 2 aromatic rings. The van der Waals surface area contributed by atoms with Crippen molar-refractivity contribution in [3.63, 3.8) is 0 Å². The summed E-state index contributed by atoms with van der Waals surface area (Å²) < 4.78 is 5.65. The lowest BCUT2D eigenvalue weighted by molar-refractivity contribution is 0.0469. The number of ether oxygens (including phenoxy) is 1. The van der Waals surface area contributed by atoms with E-state index < -0.39 is 6.10 Å². The van der Waals surface area contributed by atoms with Gasteiger partial charge in [-0.05, 0) is 38.0 Å². The highest BCUT2D eigenvalue weighted by molar-refractivity contribution is 5.94. The average Bonchev–Trinajstić information content (AvgIpc) is 3.08. The van der Waals surface area contributed by atoms with E-state index in [0.29, 0.717) is 35.8 Å². The third-order valence-corrected chi connectivity index (χ3v) is 4.17. The fourth-order valence-electron chi connectivity index (χ4n) is 2.81. The Hall–Kier alpha value is -2.67. The zero-order chi connectivity index (χ0) is 17.8. The predicted octanol–water partition coefficient (Wildman–Crippen LogP) is 1.79. The number of aromatic nitrogens is 2. The standard InChI is InChI=1S/C18H21N3O4/c1-12(22)13-4-2-6-16(8-13)25-11-14-9-17(20-19-14)18(24)21-7-3-5-15(23)10-21/h2,4,6,8-9,15,23H,3,5,7,10-11H2,1H3,(H,19,20)/t15-/m1/s1. The first-order valence-electron chi connectivity index (χ1n) is 8.28. The topological polar surface area (TPSA) is 95.5 Å². The summed E-state index contributed by atoms with van der Waals surface area (Å²) in [7, 11) is 0. The molecule has 2 heterocycles. The van der Waals surface area contributed by atoms with E-state index in [2.05, 4.69) is 10.2 Å². The zero-order valence-electron chi connectivity index (χ0n) is 14.1. The number of piperidine rings is 1. The Bertz CT molecular complexity index is 771. The van der Waals surface area contributed by atoms with Crippen LogP contribution in [0.25, 0.3) is 0 Å². The molecular formula is C18H21N3O4. The van der Waals surface area contributed by atoms with Crippen LogP contribution in [0.3, 0.4) is 0 Å². The minimum atomic E-state index is -0.465. The van der Waals surface area contributed by atoms with E-state index in [9.17, 15) is 14.7 Å². The molecule has 1 aliphatic rings.